The summed E-state index contributed by atoms with van der Waals surface area (Å²) in [6.45, 7) is 4.83. The number of carbonyl (C=O) groups is 3. The zero-order valence-electron chi connectivity index (χ0n) is 11.3. The monoisotopic (exact) mass is 276 g/mol. The van der Waals surface area contributed by atoms with Gasteiger partial charge in [-0.1, -0.05) is 24.8 Å². The van der Waals surface area contributed by atoms with Crippen molar-refractivity contribution in [3.05, 3.63) is 48.2 Å². The van der Waals surface area contributed by atoms with Crippen LogP contribution in [0, 0.1) is 0 Å². The van der Waals surface area contributed by atoms with Crippen LogP contribution in [0.25, 0.3) is 0 Å². The molecule has 1 aromatic carbocycles. The van der Waals surface area contributed by atoms with E-state index in [2.05, 4.69) is 11.9 Å². The van der Waals surface area contributed by atoms with Gasteiger partial charge in [-0.3, -0.25) is 9.59 Å². The Kier molecular flexibility index (Phi) is 5.02. The van der Waals surface area contributed by atoms with E-state index in [4.69, 9.17) is 5.11 Å². The van der Waals surface area contributed by atoms with Crippen molar-refractivity contribution < 1.29 is 19.5 Å². The normalized spacial score (nSPS) is 11.3. The van der Waals surface area contributed by atoms with Crippen molar-refractivity contribution in [1.29, 1.82) is 0 Å². The second-order valence-corrected chi connectivity index (χ2v) is 4.23. The highest BCUT2D eigenvalue weighted by molar-refractivity contribution is 6.03. The van der Waals surface area contributed by atoms with E-state index in [9.17, 15) is 14.4 Å². The van der Waals surface area contributed by atoms with Crippen molar-refractivity contribution in [3.63, 3.8) is 0 Å². The lowest BCUT2D eigenvalue weighted by molar-refractivity contribution is -0.146. The summed E-state index contributed by atoms with van der Waals surface area (Å²) in [6.07, 6.45) is 0. The molecule has 6 nitrogen and oxygen atoms in total. The summed E-state index contributed by atoms with van der Waals surface area (Å²) in [6, 6.07) is 7.33. The minimum Gasteiger partial charge on any atom is -0.480 e. The molecular weight excluding hydrogens is 260 g/mol. The first-order valence-corrected chi connectivity index (χ1v) is 5.90. The van der Waals surface area contributed by atoms with Crippen LogP contribution < -0.4 is 5.32 Å². The molecule has 0 fully saturated rings. The van der Waals surface area contributed by atoms with Gasteiger partial charge in [0.1, 0.15) is 6.04 Å². The predicted molar refractivity (Wildman–Crippen MR) is 72.9 cm³/mol. The van der Waals surface area contributed by atoms with Gasteiger partial charge in [0.25, 0.3) is 11.8 Å². The number of carbonyl (C=O) groups excluding carboxylic acids is 2. The van der Waals surface area contributed by atoms with Crippen LogP contribution >= 0.6 is 0 Å². The summed E-state index contributed by atoms with van der Waals surface area (Å²) in [7, 11) is 1.33. The third kappa shape index (κ3) is 3.68. The lowest BCUT2D eigenvalue weighted by Gasteiger charge is -2.22. The molecule has 106 valence electrons. The fraction of sp³-hybridized carbons (Fsp3) is 0.214. The molecule has 0 saturated heterocycles. The Morgan fingerprint density at radius 1 is 1.25 bits per heavy atom. The van der Waals surface area contributed by atoms with Gasteiger partial charge in [-0.2, -0.15) is 0 Å². The highest BCUT2D eigenvalue weighted by atomic mass is 16.4. The van der Waals surface area contributed by atoms with Gasteiger partial charge in [0.05, 0.1) is 5.70 Å². The smallest absolute Gasteiger partial charge is 0.326 e. The molecule has 0 unspecified atom stereocenters. The van der Waals surface area contributed by atoms with Gasteiger partial charge >= 0.3 is 5.97 Å². The largest absolute Gasteiger partial charge is 0.480 e. The Labute approximate surface area is 116 Å². The van der Waals surface area contributed by atoms with Gasteiger partial charge < -0.3 is 15.3 Å². The summed E-state index contributed by atoms with van der Waals surface area (Å²) in [5.74, 6) is -2.26. The molecule has 0 aliphatic carbocycles. The Balaban J connectivity index is 2.70. The summed E-state index contributed by atoms with van der Waals surface area (Å²) < 4.78 is 0. The first kappa shape index (κ1) is 15.4. The van der Waals surface area contributed by atoms with Crippen LogP contribution in [0.4, 0.5) is 0 Å². The summed E-state index contributed by atoms with van der Waals surface area (Å²) in [5.41, 5.74) is 0.213. The molecule has 2 amide bonds. The molecule has 0 spiro atoms. The fourth-order valence-electron chi connectivity index (χ4n) is 1.41. The Hall–Kier alpha value is -2.63. The highest BCUT2D eigenvalue weighted by Gasteiger charge is 2.24. The molecular formula is C14H16N2O4. The van der Waals surface area contributed by atoms with Crippen molar-refractivity contribution in [3.8, 4) is 0 Å². The Morgan fingerprint density at radius 3 is 2.30 bits per heavy atom. The summed E-state index contributed by atoms with van der Waals surface area (Å²) in [5, 5.41) is 11.2. The second kappa shape index (κ2) is 6.51. The number of benzene rings is 1. The number of nitrogens with zero attached hydrogens (tertiary/aromatic N) is 1. The van der Waals surface area contributed by atoms with Crippen molar-refractivity contribution in [2.75, 3.05) is 7.05 Å². The number of carboxylic acid groups (broad SMARTS) is 1. The third-order valence-electron chi connectivity index (χ3n) is 2.82. The van der Waals surface area contributed by atoms with E-state index in [1.165, 1.54) is 14.0 Å². The number of hydrogen-bond donors (Lipinski definition) is 2. The number of amides is 2. The Morgan fingerprint density at radius 2 is 1.80 bits per heavy atom. The highest BCUT2D eigenvalue weighted by Crippen LogP contribution is 2.04. The van der Waals surface area contributed by atoms with E-state index in [1.807, 2.05) is 0 Å². The Bertz CT molecular complexity index is 539. The number of nitrogens with one attached hydrogen (secondary N) is 1. The van der Waals surface area contributed by atoms with E-state index in [0.29, 0.717) is 5.56 Å². The maximum atomic E-state index is 11.9. The molecule has 1 rings (SSSR count). The number of carboxylic acids is 1. The maximum absolute atomic E-state index is 11.9. The molecule has 0 heterocycles. The number of likely N-dealkylation sites (N-methyl/N-ethyl adjacent to an activating group) is 1. The molecule has 0 aliphatic heterocycles. The predicted octanol–water partition coefficient (Wildman–Crippen LogP) is 0.862. The molecule has 0 aromatic heterocycles. The molecule has 2 N–H and O–H groups in total. The molecule has 1 atom stereocenters. The van der Waals surface area contributed by atoms with Crippen LogP contribution in [0.15, 0.2) is 42.6 Å². The van der Waals surface area contributed by atoms with Gasteiger partial charge in [0.2, 0.25) is 0 Å². The van der Waals surface area contributed by atoms with Crippen LogP contribution in [0.2, 0.25) is 0 Å². The maximum Gasteiger partial charge on any atom is 0.326 e. The first-order chi connectivity index (χ1) is 9.34. The van der Waals surface area contributed by atoms with E-state index in [0.717, 1.165) is 4.90 Å². The second-order valence-electron chi connectivity index (χ2n) is 4.23. The lowest BCUT2D eigenvalue weighted by Crippen LogP contribution is -2.43. The molecule has 0 aliphatic rings. The topological polar surface area (TPSA) is 86.7 Å². The van der Waals surface area contributed by atoms with Gasteiger partial charge in [0.15, 0.2) is 0 Å². The van der Waals surface area contributed by atoms with Gasteiger partial charge in [-0.15, -0.1) is 0 Å². The third-order valence-corrected chi connectivity index (χ3v) is 2.82. The van der Waals surface area contributed by atoms with Gasteiger partial charge in [0, 0.05) is 12.6 Å². The minimum atomic E-state index is -1.14. The molecule has 20 heavy (non-hydrogen) atoms. The SMILES string of the molecule is C=C(NC(=O)c1ccccc1)C(=O)N(C)[C@@H](C)C(=O)O. The minimum absolute atomic E-state index is 0.172. The van der Waals surface area contributed by atoms with E-state index >= 15 is 0 Å². The molecule has 1 aromatic rings. The molecule has 0 radical (unpaired) electrons. The van der Waals surface area contributed by atoms with Gasteiger partial charge in [-0.25, -0.2) is 4.79 Å². The average Bonchev–Trinajstić information content (AvgIpc) is 2.45. The van der Waals surface area contributed by atoms with Crippen molar-refractivity contribution >= 4 is 17.8 Å². The standard InChI is InChI=1S/C14H16N2O4/c1-9(13(18)16(3)10(2)14(19)20)15-12(17)11-7-5-4-6-8-11/h4-8,10H,1H2,2-3H3,(H,15,17)(H,19,20)/t10-/m0/s1. The molecule has 0 saturated carbocycles. The molecule has 6 heteroatoms. The van der Waals surface area contributed by atoms with Crippen LogP contribution in [0.5, 0.6) is 0 Å². The average molecular weight is 276 g/mol. The van der Waals surface area contributed by atoms with E-state index < -0.39 is 23.8 Å². The van der Waals surface area contributed by atoms with Crippen LogP contribution in [0.3, 0.4) is 0 Å². The van der Waals surface area contributed by atoms with Crippen molar-refractivity contribution in [2.24, 2.45) is 0 Å². The first-order valence-electron chi connectivity index (χ1n) is 5.90. The van der Waals surface area contributed by atoms with Crippen molar-refractivity contribution in [2.45, 2.75) is 13.0 Å². The lowest BCUT2D eigenvalue weighted by atomic mass is 10.2. The zero-order valence-corrected chi connectivity index (χ0v) is 11.3. The number of hydrogen-bond acceptors (Lipinski definition) is 3. The van der Waals surface area contributed by atoms with Crippen LogP contribution in [0.1, 0.15) is 17.3 Å². The quantitative estimate of drug-likeness (QED) is 0.781. The summed E-state index contributed by atoms with van der Waals surface area (Å²) in [4.78, 5) is 35.5. The summed E-state index contributed by atoms with van der Waals surface area (Å²) >= 11 is 0. The van der Waals surface area contributed by atoms with Gasteiger partial charge in [-0.05, 0) is 19.1 Å². The zero-order chi connectivity index (χ0) is 15.3. The molecule has 0 bridgehead atoms. The van der Waals surface area contributed by atoms with Crippen LogP contribution in [-0.2, 0) is 9.59 Å². The number of aliphatic carboxylic acids is 1. The van der Waals surface area contributed by atoms with Crippen molar-refractivity contribution in [1.82, 2.24) is 10.2 Å². The fourth-order valence-corrected chi connectivity index (χ4v) is 1.41. The van der Waals surface area contributed by atoms with E-state index in [1.54, 1.807) is 30.3 Å². The number of rotatable bonds is 5. The van der Waals surface area contributed by atoms with Crippen LogP contribution in [-0.4, -0.2) is 40.9 Å². The van der Waals surface area contributed by atoms with E-state index in [-0.39, 0.29) is 5.70 Å².